The molecule has 0 heterocycles. The van der Waals surface area contributed by atoms with Crippen LogP contribution in [-0.2, 0) is 6.54 Å². The molecule has 1 amide bonds. The standard InChI is InChI=1S/C19H25FN2O2/c1-18(6-13-4-14-8-19(14,7-13)10-18)11-21-9-12-2-3-15(16(20)5-12)17(23)22-24/h2-3,5,13-14,21,24H,4,6-11H2,1H3,(H,22,23). The molecule has 24 heavy (non-hydrogen) atoms. The Hall–Kier alpha value is -1.46. The average molecular weight is 332 g/mol. The van der Waals surface area contributed by atoms with Crippen molar-refractivity contribution in [2.75, 3.05) is 6.54 Å². The quantitative estimate of drug-likeness (QED) is 0.573. The van der Waals surface area contributed by atoms with Gasteiger partial charge in [-0.05, 0) is 72.5 Å². The summed E-state index contributed by atoms with van der Waals surface area (Å²) in [6.07, 6.45) is 6.97. The summed E-state index contributed by atoms with van der Waals surface area (Å²) in [5.74, 6) is 0.486. The number of amides is 1. The van der Waals surface area contributed by atoms with E-state index in [0.717, 1.165) is 23.9 Å². The van der Waals surface area contributed by atoms with Crippen molar-refractivity contribution in [3.63, 3.8) is 0 Å². The van der Waals surface area contributed by atoms with E-state index in [2.05, 4.69) is 12.2 Å². The molecule has 130 valence electrons. The minimum atomic E-state index is -0.824. The van der Waals surface area contributed by atoms with E-state index in [-0.39, 0.29) is 5.56 Å². The van der Waals surface area contributed by atoms with Gasteiger partial charge in [0, 0.05) is 13.1 Å². The Morgan fingerprint density at radius 2 is 2.21 bits per heavy atom. The molecule has 4 rings (SSSR count). The van der Waals surface area contributed by atoms with Crippen molar-refractivity contribution < 1.29 is 14.4 Å². The van der Waals surface area contributed by atoms with Gasteiger partial charge in [0.1, 0.15) is 5.82 Å². The molecule has 0 aliphatic heterocycles. The minimum absolute atomic E-state index is 0.143. The second kappa shape index (κ2) is 5.53. The Morgan fingerprint density at radius 1 is 1.38 bits per heavy atom. The van der Waals surface area contributed by atoms with Gasteiger partial charge in [-0.3, -0.25) is 10.0 Å². The number of hydrogen-bond acceptors (Lipinski definition) is 3. The zero-order valence-corrected chi connectivity index (χ0v) is 14.1. The van der Waals surface area contributed by atoms with Crippen molar-refractivity contribution in [1.82, 2.24) is 10.8 Å². The van der Waals surface area contributed by atoms with Gasteiger partial charge in [-0.1, -0.05) is 13.0 Å². The molecule has 3 aliphatic rings. The second-order valence-electron chi connectivity index (χ2n) is 8.62. The Kier molecular flexibility index (Phi) is 3.69. The fraction of sp³-hybridized carbons (Fsp3) is 0.632. The maximum Gasteiger partial charge on any atom is 0.277 e. The first-order valence-corrected chi connectivity index (χ1v) is 8.87. The van der Waals surface area contributed by atoms with Gasteiger partial charge in [-0.2, -0.15) is 0 Å². The molecule has 4 atom stereocenters. The summed E-state index contributed by atoms with van der Waals surface area (Å²) in [7, 11) is 0. The monoisotopic (exact) mass is 332 g/mol. The third-order valence-corrected chi connectivity index (χ3v) is 6.49. The zero-order valence-electron chi connectivity index (χ0n) is 14.1. The summed E-state index contributed by atoms with van der Waals surface area (Å²) < 4.78 is 13.9. The number of nitrogens with one attached hydrogen (secondary N) is 2. The van der Waals surface area contributed by atoms with Crippen LogP contribution in [0.3, 0.4) is 0 Å². The van der Waals surface area contributed by atoms with E-state index in [1.165, 1.54) is 49.7 Å². The summed E-state index contributed by atoms with van der Waals surface area (Å²) in [6.45, 7) is 3.94. The van der Waals surface area contributed by atoms with Gasteiger partial charge in [-0.25, -0.2) is 9.87 Å². The summed E-state index contributed by atoms with van der Waals surface area (Å²) in [5, 5.41) is 12.1. The number of fused-ring (bicyclic) bond motifs is 1. The van der Waals surface area contributed by atoms with Crippen LogP contribution in [0.4, 0.5) is 4.39 Å². The van der Waals surface area contributed by atoms with Crippen LogP contribution < -0.4 is 10.8 Å². The molecular formula is C19H25FN2O2. The second-order valence-corrected chi connectivity index (χ2v) is 8.62. The fourth-order valence-corrected chi connectivity index (χ4v) is 5.70. The topological polar surface area (TPSA) is 61.4 Å². The first-order chi connectivity index (χ1) is 11.4. The van der Waals surface area contributed by atoms with E-state index in [1.807, 2.05) is 0 Å². The maximum absolute atomic E-state index is 13.9. The van der Waals surface area contributed by atoms with Crippen LogP contribution in [0.25, 0.3) is 0 Å². The molecule has 3 N–H and O–H groups in total. The van der Waals surface area contributed by atoms with E-state index in [9.17, 15) is 9.18 Å². The van der Waals surface area contributed by atoms with Gasteiger partial charge in [0.2, 0.25) is 0 Å². The zero-order chi connectivity index (χ0) is 16.9. The molecule has 0 radical (unpaired) electrons. The van der Waals surface area contributed by atoms with E-state index in [0.29, 0.717) is 17.4 Å². The molecular weight excluding hydrogens is 307 g/mol. The molecule has 0 saturated heterocycles. The highest BCUT2D eigenvalue weighted by molar-refractivity contribution is 5.93. The fourth-order valence-electron chi connectivity index (χ4n) is 5.70. The summed E-state index contributed by atoms with van der Waals surface area (Å²) in [6, 6.07) is 4.50. The van der Waals surface area contributed by atoms with Crippen molar-refractivity contribution in [2.24, 2.45) is 22.7 Å². The molecule has 5 heteroatoms. The summed E-state index contributed by atoms with van der Waals surface area (Å²) in [4.78, 5) is 11.3. The van der Waals surface area contributed by atoms with Gasteiger partial charge in [0.05, 0.1) is 5.56 Å². The lowest BCUT2D eigenvalue weighted by Crippen LogP contribution is -2.38. The van der Waals surface area contributed by atoms with Crippen molar-refractivity contribution >= 4 is 5.91 Å². The van der Waals surface area contributed by atoms with Crippen LogP contribution >= 0.6 is 0 Å². The van der Waals surface area contributed by atoms with Crippen LogP contribution in [0.2, 0.25) is 0 Å². The van der Waals surface area contributed by atoms with Crippen LogP contribution in [0.1, 0.15) is 54.9 Å². The molecule has 4 nitrogen and oxygen atoms in total. The van der Waals surface area contributed by atoms with Gasteiger partial charge < -0.3 is 5.32 Å². The SMILES string of the molecule is CC1(CNCc2ccc(C(=O)NO)c(F)c2)CC2CC3CC3(C2)C1. The van der Waals surface area contributed by atoms with Crippen LogP contribution in [0.15, 0.2) is 18.2 Å². The van der Waals surface area contributed by atoms with E-state index in [4.69, 9.17) is 5.21 Å². The lowest BCUT2D eigenvalue weighted by molar-refractivity contribution is 0.0702. The normalized spacial score (nSPS) is 36.3. The molecule has 1 aromatic rings. The molecule has 2 bridgehead atoms. The number of carbonyl (C=O) groups excluding carboxylic acids is 1. The van der Waals surface area contributed by atoms with Crippen LogP contribution in [0.5, 0.6) is 0 Å². The van der Waals surface area contributed by atoms with E-state index in [1.54, 1.807) is 6.07 Å². The van der Waals surface area contributed by atoms with E-state index < -0.39 is 11.7 Å². The molecule has 3 saturated carbocycles. The lowest BCUT2D eigenvalue weighted by atomic mass is 9.67. The molecule has 4 unspecified atom stereocenters. The highest BCUT2D eigenvalue weighted by atomic mass is 19.1. The highest BCUT2D eigenvalue weighted by Gasteiger charge is 2.64. The first kappa shape index (κ1) is 16.0. The van der Waals surface area contributed by atoms with Gasteiger partial charge >= 0.3 is 0 Å². The predicted octanol–water partition coefficient (Wildman–Crippen LogP) is 3.25. The smallest absolute Gasteiger partial charge is 0.277 e. The molecule has 0 aromatic heterocycles. The third kappa shape index (κ3) is 2.74. The largest absolute Gasteiger partial charge is 0.312 e. The van der Waals surface area contributed by atoms with Crippen molar-refractivity contribution in [3.8, 4) is 0 Å². The number of hydroxylamine groups is 1. The number of benzene rings is 1. The van der Waals surface area contributed by atoms with Gasteiger partial charge in [-0.15, -0.1) is 0 Å². The number of halogens is 1. The van der Waals surface area contributed by atoms with Gasteiger partial charge in [0.25, 0.3) is 5.91 Å². The summed E-state index contributed by atoms with van der Waals surface area (Å²) >= 11 is 0. The van der Waals surface area contributed by atoms with Crippen molar-refractivity contribution in [2.45, 2.75) is 45.6 Å². The van der Waals surface area contributed by atoms with E-state index >= 15 is 0 Å². The maximum atomic E-state index is 13.9. The molecule has 3 fully saturated rings. The number of carbonyl (C=O) groups is 1. The molecule has 1 aromatic carbocycles. The third-order valence-electron chi connectivity index (χ3n) is 6.49. The molecule has 1 spiro atoms. The average Bonchev–Trinajstić information content (AvgIpc) is 3.07. The van der Waals surface area contributed by atoms with Gasteiger partial charge in [0.15, 0.2) is 0 Å². The lowest BCUT2D eigenvalue weighted by Gasteiger charge is -2.40. The Bertz CT molecular complexity index is 679. The van der Waals surface area contributed by atoms with Crippen LogP contribution in [-0.4, -0.2) is 17.7 Å². The van der Waals surface area contributed by atoms with Crippen LogP contribution in [0, 0.1) is 28.5 Å². The Morgan fingerprint density at radius 3 is 2.92 bits per heavy atom. The molecule has 3 aliphatic carbocycles. The number of hydrogen-bond donors (Lipinski definition) is 3. The Labute approximate surface area is 141 Å². The highest BCUT2D eigenvalue weighted by Crippen LogP contribution is 2.73. The minimum Gasteiger partial charge on any atom is -0.312 e. The predicted molar refractivity (Wildman–Crippen MR) is 88.0 cm³/mol. The van der Waals surface area contributed by atoms with Crippen molar-refractivity contribution in [1.29, 1.82) is 0 Å². The number of rotatable bonds is 5. The first-order valence-electron chi connectivity index (χ1n) is 8.87. The Balaban J connectivity index is 1.34. The van der Waals surface area contributed by atoms with Crippen molar-refractivity contribution in [3.05, 3.63) is 35.1 Å². The summed E-state index contributed by atoms with van der Waals surface area (Å²) in [5.41, 5.74) is 3.15.